The summed E-state index contributed by atoms with van der Waals surface area (Å²) in [5.41, 5.74) is 4.18. The lowest BCUT2D eigenvalue weighted by molar-refractivity contribution is -0.00547. The van der Waals surface area contributed by atoms with E-state index in [1.54, 1.807) is 0 Å². The van der Waals surface area contributed by atoms with Crippen molar-refractivity contribution in [1.29, 1.82) is 5.26 Å². The number of rotatable bonds is 1. The van der Waals surface area contributed by atoms with Crippen molar-refractivity contribution in [3.05, 3.63) is 34.9 Å². The minimum Gasteiger partial charge on any atom is -0.192 e. The Kier molecular flexibility index (Phi) is 2.34. The van der Waals surface area contributed by atoms with Gasteiger partial charge in [-0.1, -0.05) is 6.07 Å². The number of hydrogen-bond donors (Lipinski definition) is 0. The van der Waals surface area contributed by atoms with E-state index in [0.29, 0.717) is 5.41 Å². The molecular weight excluding hydrogens is 230 g/mol. The van der Waals surface area contributed by atoms with E-state index in [-0.39, 0.29) is 0 Å². The van der Waals surface area contributed by atoms with Crippen LogP contribution in [0.1, 0.15) is 55.2 Å². The van der Waals surface area contributed by atoms with Crippen molar-refractivity contribution in [1.82, 2.24) is 0 Å². The van der Waals surface area contributed by atoms with Crippen molar-refractivity contribution in [3.8, 4) is 6.07 Å². The van der Waals surface area contributed by atoms with Crippen LogP contribution in [0.25, 0.3) is 0 Å². The Morgan fingerprint density at radius 2 is 1.63 bits per heavy atom. The first-order valence-electron chi connectivity index (χ1n) is 7.70. The van der Waals surface area contributed by atoms with E-state index in [1.165, 1.54) is 49.7 Å². The van der Waals surface area contributed by atoms with Crippen LogP contribution in [0.3, 0.4) is 0 Å². The highest BCUT2D eigenvalue weighted by Crippen LogP contribution is 2.61. The van der Waals surface area contributed by atoms with E-state index in [0.717, 1.165) is 23.3 Å². The minimum atomic E-state index is 0.422. The van der Waals surface area contributed by atoms with Gasteiger partial charge in [-0.2, -0.15) is 5.26 Å². The van der Waals surface area contributed by atoms with E-state index >= 15 is 0 Å². The summed E-state index contributed by atoms with van der Waals surface area (Å²) in [6, 6.07) is 8.65. The number of benzene rings is 1. The third-order valence-corrected chi connectivity index (χ3v) is 5.98. The fraction of sp³-hybridized carbons (Fsp3) is 0.611. The van der Waals surface area contributed by atoms with Crippen LogP contribution in [0, 0.1) is 36.0 Å². The molecule has 19 heavy (non-hydrogen) atoms. The van der Waals surface area contributed by atoms with Crippen LogP contribution in [0.15, 0.2) is 18.2 Å². The summed E-state index contributed by atoms with van der Waals surface area (Å²) in [7, 11) is 0. The van der Waals surface area contributed by atoms with Gasteiger partial charge < -0.3 is 0 Å². The highest BCUT2D eigenvalue weighted by molar-refractivity contribution is 5.43. The molecule has 4 fully saturated rings. The molecule has 0 heterocycles. The average Bonchev–Trinajstić information content (AvgIpc) is 2.37. The third-order valence-electron chi connectivity index (χ3n) is 5.98. The SMILES string of the molecule is Cc1ccc(C#N)cc1C12CC3CC(CC(C3)C1)C2. The Bertz CT molecular complexity index is 528. The van der Waals surface area contributed by atoms with Crippen molar-refractivity contribution in [2.45, 2.75) is 50.9 Å². The van der Waals surface area contributed by atoms with Gasteiger partial charge in [0.1, 0.15) is 0 Å². The maximum atomic E-state index is 9.18. The standard InChI is InChI=1S/C18H21N/c1-12-2-3-13(11-19)7-17(12)18-8-14-4-15(9-18)6-16(5-14)10-18/h2-3,7,14-16H,4-6,8-10H2,1H3. The van der Waals surface area contributed by atoms with E-state index in [4.69, 9.17) is 0 Å². The van der Waals surface area contributed by atoms with Crippen molar-refractivity contribution < 1.29 is 0 Å². The zero-order chi connectivity index (χ0) is 13.0. The Morgan fingerprint density at radius 3 is 2.16 bits per heavy atom. The summed E-state index contributed by atoms with van der Waals surface area (Å²) >= 11 is 0. The fourth-order valence-electron chi connectivity index (χ4n) is 5.70. The Labute approximate surface area is 115 Å². The predicted octanol–water partition coefficient (Wildman–Crippen LogP) is 4.33. The first kappa shape index (κ1) is 11.5. The Balaban J connectivity index is 1.81. The van der Waals surface area contributed by atoms with Gasteiger partial charge in [-0.3, -0.25) is 0 Å². The number of nitrogens with zero attached hydrogens (tertiary/aromatic N) is 1. The highest BCUT2D eigenvalue weighted by Gasteiger charge is 2.51. The number of nitriles is 1. The van der Waals surface area contributed by atoms with Gasteiger partial charge in [0.05, 0.1) is 11.6 Å². The summed E-state index contributed by atoms with van der Waals surface area (Å²) in [5.74, 6) is 2.91. The Hall–Kier alpha value is -1.29. The van der Waals surface area contributed by atoms with Crippen LogP contribution < -0.4 is 0 Å². The molecule has 0 saturated heterocycles. The van der Waals surface area contributed by atoms with Crippen LogP contribution in [0.2, 0.25) is 0 Å². The van der Waals surface area contributed by atoms with Gasteiger partial charge in [-0.15, -0.1) is 0 Å². The van der Waals surface area contributed by atoms with E-state index < -0.39 is 0 Å². The molecule has 0 atom stereocenters. The predicted molar refractivity (Wildman–Crippen MR) is 75.7 cm³/mol. The van der Waals surface area contributed by atoms with Crippen molar-refractivity contribution in [2.24, 2.45) is 17.8 Å². The van der Waals surface area contributed by atoms with E-state index in [1.807, 2.05) is 6.07 Å². The van der Waals surface area contributed by atoms with Gasteiger partial charge in [0, 0.05) is 0 Å². The molecule has 98 valence electrons. The summed E-state index contributed by atoms with van der Waals surface area (Å²) in [6.07, 6.45) is 8.60. The van der Waals surface area contributed by atoms with Crippen molar-refractivity contribution in [2.75, 3.05) is 0 Å². The molecular formula is C18H21N. The van der Waals surface area contributed by atoms with E-state index in [2.05, 4.69) is 25.1 Å². The fourth-order valence-corrected chi connectivity index (χ4v) is 5.70. The zero-order valence-corrected chi connectivity index (χ0v) is 11.7. The molecule has 0 radical (unpaired) electrons. The molecule has 4 saturated carbocycles. The summed E-state index contributed by atoms with van der Waals surface area (Å²) in [5, 5.41) is 9.18. The van der Waals surface area contributed by atoms with Gasteiger partial charge >= 0.3 is 0 Å². The second kappa shape index (κ2) is 3.85. The van der Waals surface area contributed by atoms with Gasteiger partial charge in [-0.05, 0) is 91.9 Å². The molecule has 0 aliphatic heterocycles. The van der Waals surface area contributed by atoms with Crippen molar-refractivity contribution >= 4 is 0 Å². The van der Waals surface area contributed by atoms with Gasteiger partial charge in [-0.25, -0.2) is 0 Å². The lowest BCUT2D eigenvalue weighted by atomic mass is 9.47. The molecule has 1 aromatic carbocycles. The van der Waals surface area contributed by atoms with Crippen LogP contribution in [0.5, 0.6) is 0 Å². The Morgan fingerprint density at radius 1 is 1.05 bits per heavy atom. The molecule has 1 aromatic rings. The number of aryl methyl sites for hydroxylation is 1. The van der Waals surface area contributed by atoms with Crippen LogP contribution >= 0.6 is 0 Å². The number of hydrogen-bond acceptors (Lipinski definition) is 1. The summed E-state index contributed by atoms with van der Waals surface area (Å²) in [6.45, 7) is 2.23. The molecule has 4 aliphatic carbocycles. The molecule has 0 N–H and O–H groups in total. The first-order valence-corrected chi connectivity index (χ1v) is 7.70. The molecule has 1 nitrogen and oxygen atoms in total. The lowest BCUT2D eigenvalue weighted by Crippen LogP contribution is -2.48. The van der Waals surface area contributed by atoms with Gasteiger partial charge in [0.15, 0.2) is 0 Å². The maximum Gasteiger partial charge on any atom is 0.0991 e. The third kappa shape index (κ3) is 1.66. The van der Waals surface area contributed by atoms with Gasteiger partial charge in [0.2, 0.25) is 0 Å². The second-order valence-electron chi connectivity index (χ2n) is 7.34. The molecule has 1 heteroatoms. The average molecular weight is 251 g/mol. The first-order chi connectivity index (χ1) is 9.18. The molecule has 5 rings (SSSR count). The van der Waals surface area contributed by atoms with Crippen LogP contribution in [-0.2, 0) is 5.41 Å². The summed E-state index contributed by atoms with van der Waals surface area (Å²) < 4.78 is 0. The lowest BCUT2D eigenvalue weighted by Gasteiger charge is -2.57. The topological polar surface area (TPSA) is 23.8 Å². The molecule has 0 aromatic heterocycles. The van der Waals surface area contributed by atoms with Crippen molar-refractivity contribution in [3.63, 3.8) is 0 Å². The van der Waals surface area contributed by atoms with E-state index in [9.17, 15) is 5.26 Å². The molecule has 0 unspecified atom stereocenters. The van der Waals surface area contributed by atoms with Crippen LogP contribution in [-0.4, -0.2) is 0 Å². The second-order valence-corrected chi connectivity index (χ2v) is 7.34. The largest absolute Gasteiger partial charge is 0.192 e. The monoisotopic (exact) mass is 251 g/mol. The van der Waals surface area contributed by atoms with Gasteiger partial charge in [0.25, 0.3) is 0 Å². The quantitative estimate of drug-likeness (QED) is 0.728. The molecule has 0 amide bonds. The normalized spacial score (nSPS) is 39.3. The maximum absolute atomic E-state index is 9.18. The molecule has 4 aliphatic rings. The minimum absolute atomic E-state index is 0.422. The summed E-state index contributed by atoms with van der Waals surface area (Å²) in [4.78, 5) is 0. The highest BCUT2D eigenvalue weighted by atomic mass is 14.6. The zero-order valence-electron chi connectivity index (χ0n) is 11.7. The van der Waals surface area contributed by atoms with Crippen LogP contribution in [0.4, 0.5) is 0 Å². The smallest absolute Gasteiger partial charge is 0.0991 e. The molecule has 0 spiro atoms. The molecule has 4 bridgehead atoms.